The van der Waals surface area contributed by atoms with Crippen LogP contribution in [0.5, 0.6) is 0 Å². The van der Waals surface area contributed by atoms with Crippen molar-refractivity contribution in [2.75, 3.05) is 26.8 Å². The molecule has 2 N–H and O–H groups in total. The molecule has 0 unspecified atom stereocenters. The number of hydrogen-bond donors (Lipinski definition) is 2. The van der Waals surface area contributed by atoms with Crippen molar-refractivity contribution in [2.24, 2.45) is 4.99 Å². The Hall–Kier alpha value is -0.890. The van der Waals surface area contributed by atoms with E-state index in [1.54, 1.807) is 13.2 Å². The molecule has 0 atom stereocenters. The predicted octanol–water partition coefficient (Wildman–Crippen LogP) is 2.57. The summed E-state index contributed by atoms with van der Waals surface area (Å²) in [4.78, 5) is 8.43. The second-order valence-corrected chi connectivity index (χ2v) is 4.49. The Morgan fingerprint density at radius 3 is 2.71 bits per heavy atom. The average molecular weight is 406 g/mol. The van der Waals surface area contributed by atoms with Crippen LogP contribution < -0.4 is 10.6 Å². The number of rotatable bonds is 9. The molecule has 1 heterocycles. The molecule has 0 aromatic carbocycles. The largest absolute Gasteiger partial charge is 0.381 e. The van der Waals surface area contributed by atoms with Gasteiger partial charge < -0.3 is 15.4 Å². The number of guanidine groups is 1. The van der Waals surface area contributed by atoms with Gasteiger partial charge in [-0.15, -0.1) is 24.0 Å². The number of hydrogen-bond acceptors (Lipinski definition) is 3. The van der Waals surface area contributed by atoms with Gasteiger partial charge in [0.15, 0.2) is 5.96 Å². The smallest absolute Gasteiger partial charge is 0.191 e. The molecule has 120 valence electrons. The first-order chi connectivity index (χ1) is 9.86. The second kappa shape index (κ2) is 14.1. The average Bonchev–Trinajstić information content (AvgIpc) is 2.50. The molecule has 6 heteroatoms. The summed E-state index contributed by atoms with van der Waals surface area (Å²) >= 11 is 0. The highest BCUT2D eigenvalue weighted by molar-refractivity contribution is 14.0. The molecule has 0 radical (unpaired) electrons. The minimum Gasteiger partial charge on any atom is -0.381 e. The first-order valence-electron chi connectivity index (χ1n) is 7.29. The maximum absolute atomic E-state index is 5.51. The van der Waals surface area contributed by atoms with E-state index in [-0.39, 0.29) is 24.0 Å². The molecular formula is C15H27IN4O. The SMILES string of the molecule is CCCCOCCCNC(=NC)NCc1ccccn1.I. The van der Waals surface area contributed by atoms with Crippen LogP contribution in [0.4, 0.5) is 0 Å². The lowest BCUT2D eigenvalue weighted by molar-refractivity contribution is 0.129. The summed E-state index contributed by atoms with van der Waals surface area (Å²) in [6, 6.07) is 5.88. The van der Waals surface area contributed by atoms with Crippen LogP contribution in [0.3, 0.4) is 0 Å². The maximum atomic E-state index is 5.51. The van der Waals surface area contributed by atoms with Crippen molar-refractivity contribution in [3.05, 3.63) is 30.1 Å². The van der Waals surface area contributed by atoms with Crippen LogP contribution in [0, 0.1) is 0 Å². The Morgan fingerprint density at radius 1 is 1.24 bits per heavy atom. The number of aromatic nitrogens is 1. The third kappa shape index (κ3) is 10.5. The van der Waals surface area contributed by atoms with Crippen LogP contribution in [-0.4, -0.2) is 37.7 Å². The van der Waals surface area contributed by atoms with Crippen molar-refractivity contribution in [2.45, 2.75) is 32.7 Å². The van der Waals surface area contributed by atoms with Gasteiger partial charge in [-0.05, 0) is 25.0 Å². The topological polar surface area (TPSA) is 58.5 Å². The summed E-state index contributed by atoms with van der Waals surface area (Å²) < 4.78 is 5.51. The van der Waals surface area contributed by atoms with Crippen LogP contribution in [0.1, 0.15) is 31.9 Å². The molecule has 5 nitrogen and oxygen atoms in total. The molecule has 0 aliphatic rings. The number of ether oxygens (including phenoxy) is 1. The van der Waals surface area contributed by atoms with Gasteiger partial charge in [0, 0.05) is 33.0 Å². The minimum absolute atomic E-state index is 0. The van der Waals surface area contributed by atoms with E-state index in [4.69, 9.17) is 4.74 Å². The zero-order valence-corrected chi connectivity index (χ0v) is 15.3. The van der Waals surface area contributed by atoms with Gasteiger partial charge >= 0.3 is 0 Å². The molecule has 1 aromatic heterocycles. The van der Waals surface area contributed by atoms with Crippen molar-refractivity contribution < 1.29 is 4.74 Å². The number of nitrogens with zero attached hydrogens (tertiary/aromatic N) is 2. The van der Waals surface area contributed by atoms with Crippen molar-refractivity contribution >= 4 is 29.9 Å². The molecular weight excluding hydrogens is 379 g/mol. The number of nitrogens with one attached hydrogen (secondary N) is 2. The van der Waals surface area contributed by atoms with Crippen molar-refractivity contribution in [1.82, 2.24) is 15.6 Å². The van der Waals surface area contributed by atoms with Crippen molar-refractivity contribution in [1.29, 1.82) is 0 Å². The van der Waals surface area contributed by atoms with E-state index < -0.39 is 0 Å². The molecule has 0 spiro atoms. The fourth-order valence-electron chi connectivity index (χ4n) is 1.63. The molecule has 0 saturated heterocycles. The van der Waals surface area contributed by atoms with Gasteiger partial charge in [0.25, 0.3) is 0 Å². The lowest BCUT2D eigenvalue weighted by Gasteiger charge is -2.11. The Morgan fingerprint density at radius 2 is 2.05 bits per heavy atom. The maximum Gasteiger partial charge on any atom is 0.191 e. The van der Waals surface area contributed by atoms with Crippen LogP contribution in [0.15, 0.2) is 29.4 Å². The van der Waals surface area contributed by atoms with E-state index in [9.17, 15) is 0 Å². The minimum atomic E-state index is 0. The highest BCUT2D eigenvalue weighted by Gasteiger charge is 1.98. The normalized spacial score (nSPS) is 10.9. The van der Waals surface area contributed by atoms with Gasteiger partial charge in [-0.1, -0.05) is 19.4 Å². The molecule has 1 rings (SSSR count). The number of pyridine rings is 1. The molecule has 0 saturated carbocycles. The summed E-state index contributed by atoms with van der Waals surface area (Å²) in [6.45, 7) is 5.36. The quantitative estimate of drug-likeness (QED) is 0.287. The molecule has 1 aromatic rings. The fourth-order valence-corrected chi connectivity index (χ4v) is 1.63. The van der Waals surface area contributed by atoms with Gasteiger partial charge in [0.05, 0.1) is 12.2 Å². The molecule has 0 fully saturated rings. The van der Waals surface area contributed by atoms with Crippen LogP contribution in [0.2, 0.25) is 0 Å². The summed E-state index contributed by atoms with van der Waals surface area (Å²) in [7, 11) is 1.77. The lowest BCUT2D eigenvalue weighted by Crippen LogP contribution is -2.37. The lowest BCUT2D eigenvalue weighted by atomic mass is 10.3. The molecule has 0 bridgehead atoms. The van der Waals surface area contributed by atoms with Crippen LogP contribution >= 0.6 is 24.0 Å². The van der Waals surface area contributed by atoms with Crippen molar-refractivity contribution in [3.63, 3.8) is 0 Å². The highest BCUT2D eigenvalue weighted by atomic mass is 127. The van der Waals surface area contributed by atoms with E-state index in [0.717, 1.165) is 44.3 Å². The number of halogens is 1. The molecule has 0 amide bonds. The molecule has 0 aliphatic carbocycles. The van der Waals surface area contributed by atoms with E-state index in [2.05, 4.69) is 27.5 Å². The van der Waals surface area contributed by atoms with Crippen LogP contribution in [0.25, 0.3) is 0 Å². The Bertz CT molecular complexity index is 373. The zero-order valence-electron chi connectivity index (χ0n) is 13.0. The first kappa shape index (κ1) is 20.1. The third-order valence-electron chi connectivity index (χ3n) is 2.79. The van der Waals surface area contributed by atoms with E-state index in [1.165, 1.54) is 6.42 Å². The monoisotopic (exact) mass is 406 g/mol. The Balaban J connectivity index is 0.00000400. The van der Waals surface area contributed by atoms with E-state index in [1.807, 2.05) is 18.2 Å². The zero-order chi connectivity index (χ0) is 14.5. The number of unbranched alkanes of at least 4 members (excludes halogenated alkanes) is 1. The third-order valence-corrected chi connectivity index (χ3v) is 2.79. The second-order valence-electron chi connectivity index (χ2n) is 4.49. The predicted molar refractivity (Wildman–Crippen MR) is 98.2 cm³/mol. The van der Waals surface area contributed by atoms with E-state index in [0.29, 0.717) is 6.54 Å². The highest BCUT2D eigenvalue weighted by Crippen LogP contribution is 1.92. The van der Waals surface area contributed by atoms with Crippen molar-refractivity contribution in [3.8, 4) is 0 Å². The Labute approximate surface area is 145 Å². The molecule has 0 aliphatic heterocycles. The fraction of sp³-hybridized carbons (Fsp3) is 0.600. The summed E-state index contributed by atoms with van der Waals surface area (Å²) in [5, 5.41) is 6.49. The summed E-state index contributed by atoms with van der Waals surface area (Å²) in [5.74, 6) is 0.796. The van der Waals surface area contributed by atoms with Gasteiger partial charge in [-0.3, -0.25) is 9.98 Å². The van der Waals surface area contributed by atoms with E-state index >= 15 is 0 Å². The first-order valence-corrected chi connectivity index (χ1v) is 7.29. The number of aliphatic imine (C=N–C) groups is 1. The van der Waals surface area contributed by atoms with Crippen LogP contribution in [-0.2, 0) is 11.3 Å². The standard InChI is InChI=1S/C15H26N4O.HI/c1-3-4-11-20-12-7-10-18-15(16-2)19-13-14-8-5-6-9-17-14;/h5-6,8-9H,3-4,7,10-13H2,1-2H3,(H2,16,18,19);1H. The van der Waals surface area contributed by atoms with Gasteiger partial charge in [0.2, 0.25) is 0 Å². The van der Waals surface area contributed by atoms with Gasteiger partial charge in [0.1, 0.15) is 0 Å². The molecule has 21 heavy (non-hydrogen) atoms. The Kier molecular flexibility index (Phi) is 13.5. The summed E-state index contributed by atoms with van der Waals surface area (Å²) in [5.41, 5.74) is 0.998. The van der Waals surface area contributed by atoms with Gasteiger partial charge in [-0.25, -0.2) is 0 Å². The summed E-state index contributed by atoms with van der Waals surface area (Å²) in [6.07, 6.45) is 5.10. The van der Waals surface area contributed by atoms with Gasteiger partial charge in [-0.2, -0.15) is 0 Å².